The molecular weight excluding hydrogens is 132 g/mol. The van der Waals surface area contributed by atoms with Crippen LogP contribution in [0, 0.1) is 0 Å². The number of hydrogen-bond donors (Lipinski definition) is 0. The summed E-state index contributed by atoms with van der Waals surface area (Å²) in [5.74, 6) is -0.109. The maximum atomic E-state index is 10.7. The Morgan fingerprint density at radius 1 is 1.50 bits per heavy atom. The SMILES string of the molecule is C[C@H]1C[C@@H]2OC(=O)C[C@@H]2O1. The Hall–Kier alpha value is -0.570. The van der Waals surface area contributed by atoms with E-state index in [0.717, 1.165) is 6.42 Å². The number of fused-ring (bicyclic) bond motifs is 1. The Balaban J connectivity index is 2.06. The summed E-state index contributed by atoms with van der Waals surface area (Å²) in [4.78, 5) is 10.7. The topological polar surface area (TPSA) is 35.5 Å². The molecule has 2 aliphatic heterocycles. The van der Waals surface area contributed by atoms with Crippen LogP contribution in [0.25, 0.3) is 0 Å². The quantitative estimate of drug-likeness (QED) is 0.461. The Bertz CT molecular complexity index is 150. The van der Waals surface area contributed by atoms with Crippen LogP contribution in [0.2, 0.25) is 0 Å². The second kappa shape index (κ2) is 1.95. The van der Waals surface area contributed by atoms with Gasteiger partial charge in [0, 0.05) is 6.42 Å². The molecule has 56 valence electrons. The molecule has 3 heteroatoms. The molecule has 2 saturated heterocycles. The van der Waals surface area contributed by atoms with Crippen LogP contribution in [0.5, 0.6) is 0 Å². The normalized spacial score (nSPS) is 45.3. The van der Waals surface area contributed by atoms with Crippen LogP contribution in [0.4, 0.5) is 0 Å². The van der Waals surface area contributed by atoms with E-state index in [2.05, 4.69) is 0 Å². The van der Waals surface area contributed by atoms with Crippen molar-refractivity contribution in [1.82, 2.24) is 0 Å². The van der Waals surface area contributed by atoms with Crippen molar-refractivity contribution < 1.29 is 14.3 Å². The number of carbonyl (C=O) groups excluding carboxylic acids is 1. The lowest BCUT2D eigenvalue weighted by Crippen LogP contribution is -2.13. The standard InChI is InChI=1S/C7H10O3/c1-4-2-5-6(9-4)3-7(8)10-5/h4-6H,2-3H2,1H3/t4-,5-,6-/m0/s1. The third-order valence-electron chi connectivity index (χ3n) is 2.04. The van der Waals surface area contributed by atoms with E-state index in [4.69, 9.17) is 9.47 Å². The second-order valence-electron chi connectivity index (χ2n) is 2.95. The largest absolute Gasteiger partial charge is 0.459 e. The molecular formula is C7H10O3. The van der Waals surface area contributed by atoms with Crippen molar-refractivity contribution in [1.29, 1.82) is 0 Å². The van der Waals surface area contributed by atoms with Gasteiger partial charge in [-0.3, -0.25) is 4.79 Å². The van der Waals surface area contributed by atoms with Crippen LogP contribution in [0.3, 0.4) is 0 Å². The van der Waals surface area contributed by atoms with E-state index in [0.29, 0.717) is 6.42 Å². The summed E-state index contributed by atoms with van der Waals surface area (Å²) in [6, 6.07) is 0. The smallest absolute Gasteiger partial charge is 0.308 e. The van der Waals surface area contributed by atoms with Gasteiger partial charge in [-0.1, -0.05) is 0 Å². The summed E-state index contributed by atoms with van der Waals surface area (Å²) in [5, 5.41) is 0. The van der Waals surface area contributed by atoms with E-state index >= 15 is 0 Å². The summed E-state index contributed by atoms with van der Waals surface area (Å²) >= 11 is 0. The molecule has 0 spiro atoms. The molecule has 0 aliphatic carbocycles. The summed E-state index contributed by atoms with van der Waals surface area (Å²) in [6.45, 7) is 2.01. The van der Waals surface area contributed by atoms with Crippen molar-refractivity contribution in [3.63, 3.8) is 0 Å². The first-order valence-electron chi connectivity index (χ1n) is 3.60. The third-order valence-corrected chi connectivity index (χ3v) is 2.04. The van der Waals surface area contributed by atoms with E-state index in [1.165, 1.54) is 0 Å². The fourth-order valence-corrected chi connectivity index (χ4v) is 1.61. The first kappa shape index (κ1) is 6.16. The van der Waals surface area contributed by atoms with E-state index in [9.17, 15) is 4.79 Å². The first-order chi connectivity index (χ1) is 4.75. The molecule has 0 bridgehead atoms. The highest BCUT2D eigenvalue weighted by Gasteiger charge is 2.42. The van der Waals surface area contributed by atoms with Crippen LogP contribution in [0.15, 0.2) is 0 Å². The minimum Gasteiger partial charge on any atom is -0.459 e. The molecule has 0 aromatic rings. The maximum Gasteiger partial charge on any atom is 0.308 e. The highest BCUT2D eigenvalue weighted by atomic mass is 16.6. The third kappa shape index (κ3) is 0.814. The van der Waals surface area contributed by atoms with E-state index in [-0.39, 0.29) is 24.3 Å². The Labute approximate surface area is 59.3 Å². The van der Waals surface area contributed by atoms with Crippen molar-refractivity contribution in [2.75, 3.05) is 0 Å². The molecule has 2 rings (SSSR count). The van der Waals surface area contributed by atoms with Crippen molar-refractivity contribution in [3.05, 3.63) is 0 Å². The highest BCUT2D eigenvalue weighted by Crippen LogP contribution is 2.30. The van der Waals surface area contributed by atoms with Gasteiger partial charge in [0.25, 0.3) is 0 Å². The molecule has 2 heterocycles. The summed E-state index contributed by atoms with van der Waals surface area (Å²) < 4.78 is 10.4. The van der Waals surface area contributed by atoms with Gasteiger partial charge in [0.15, 0.2) is 0 Å². The maximum absolute atomic E-state index is 10.7. The predicted molar refractivity (Wildman–Crippen MR) is 33.4 cm³/mol. The Morgan fingerprint density at radius 3 is 3.00 bits per heavy atom. The number of hydrogen-bond acceptors (Lipinski definition) is 3. The van der Waals surface area contributed by atoms with E-state index in [1.54, 1.807) is 0 Å². The zero-order valence-corrected chi connectivity index (χ0v) is 5.87. The van der Waals surface area contributed by atoms with E-state index in [1.807, 2.05) is 6.92 Å². The molecule has 2 aliphatic rings. The molecule has 0 amide bonds. The van der Waals surface area contributed by atoms with Gasteiger partial charge < -0.3 is 9.47 Å². The van der Waals surface area contributed by atoms with Crippen LogP contribution < -0.4 is 0 Å². The van der Waals surface area contributed by atoms with Gasteiger partial charge in [0.1, 0.15) is 12.2 Å². The van der Waals surface area contributed by atoms with Gasteiger partial charge in [0.2, 0.25) is 0 Å². The summed E-state index contributed by atoms with van der Waals surface area (Å²) in [7, 11) is 0. The van der Waals surface area contributed by atoms with Gasteiger partial charge in [-0.15, -0.1) is 0 Å². The molecule has 0 radical (unpaired) electrons. The molecule has 3 atom stereocenters. The number of rotatable bonds is 0. The van der Waals surface area contributed by atoms with Gasteiger partial charge in [0.05, 0.1) is 12.5 Å². The lowest BCUT2D eigenvalue weighted by molar-refractivity contribution is -0.141. The van der Waals surface area contributed by atoms with Crippen LogP contribution >= 0.6 is 0 Å². The number of ether oxygens (including phenoxy) is 2. The fourth-order valence-electron chi connectivity index (χ4n) is 1.61. The van der Waals surface area contributed by atoms with Crippen LogP contribution in [0.1, 0.15) is 19.8 Å². The van der Waals surface area contributed by atoms with Gasteiger partial charge in [-0.25, -0.2) is 0 Å². The number of carbonyl (C=O) groups is 1. The lowest BCUT2D eigenvalue weighted by atomic mass is 10.1. The summed E-state index contributed by atoms with van der Waals surface area (Å²) in [5.41, 5.74) is 0. The van der Waals surface area contributed by atoms with Crippen molar-refractivity contribution >= 4 is 5.97 Å². The first-order valence-corrected chi connectivity index (χ1v) is 3.60. The molecule has 0 aromatic carbocycles. The van der Waals surface area contributed by atoms with Gasteiger partial charge in [-0.2, -0.15) is 0 Å². The zero-order chi connectivity index (χ0) is 7.14. The molecule has 0 unspecified atom stereocenters. The van der Waals surface area contributed by atoms with Crippen molar-refractivity contribution in [3.8, 4) is 0 Å². The molecule has 2 fully saturated rings. The van der Waals surface area contributed by atoms with E-state index < -0.39 is 0 Å². The summed E-state index contributed by atoms with van der Waals surface area (Å²) in [6.07, 6.45) is 1.71. The predicted octanol–water partition coefficient (Wildman–Crippen LogP) is 0.479. The molecule has 10 heavy (non-hydrogen) atoms. The van der Waals surface area contributed by atoms with Gasteiger partial charge in [-0.05, 0) is 6.92 Å². The monoisotopic (exact) mass is 142 g/mol. The van der Waals surface area contributed by atoms with Gasteiger partial charge >= 0.3 is 5.97 Å². The molecule has 0 N–H and O–H groups in total. The zero-order valence-electron chi connectivity index (χ0n) is 5.87. The van der Waals surface area contributed by atoms with Crippen molar-refractivity contribution in [2.24, 2.45) is 0 Å². The van der Waals surface area contributed by atoms with Crippen LogP contribution in [-0.4, -0.2) is 24.3 Å². The lowest BCUT2D eigenvalue weighted by Gasteiger charge is -2.02. The molecule has 3 nitrogen and oxygen atoms in total. The minimum absolute atomic E-state index is 0.0579. The molecule has 0 saturated carbocycles. The van der Waals surface area contributed by atoms with Crippen LogP contribution in [-0.2, 0) is 14.3 Å². The average molecular weight is 142 g/mol. The second-order valence-corrected chi connectivity index (χ2v) is 2.95. The highest BCUT2D eigenvalue weighted by molar-refractivity contribution is 5.72. The van der Waals surface area contributed by atoms with Crippen molar-refractivity contribution in [2.45, 2.75) is 38.1 Å². The average Bonchev–Trinajstić information content (AvgIpc) is 2.21. The molecule has 0 aromatic heterocycles. The number of esters is 1. The Kier molecular flexibility index (Phi) is 1.20. The minimum atomic E-state index is -0.109. The Morgan fingerprint density at radius 2 is 2.30 bits per heavy atom. The fraction of sp³-hybridized carbons (Fsp3) is 0.857.